The minimum Gasteiger partial charge on any atom is -0.481 e. The molecule has 11 N–H and O–H groups in total. The number of aliphatic hydroxyl groups excluding tert-OH is 2. The van der Waals surface area contributed by atoms with E-state index in [9.17, 15) is 72.6 Å². The summed E-state index contributed by atoms with van der Waals surface area (Å²) in [5.41, 5.74) is 4.15. The molecule has 1 fully saturated rings. The Hall–Kier alpha value is -3.30. The number of anilines is 1. The van der Waals surface area contributed by atoms with Gasteiger partial charge >= 0.3 is 29.4 Å². The van der Waals surface area contributed by atoms with Crippen LogP contribution in [0.5, 0.6) is 0 Å². The number of nitrogen functional groups attached to an aromatic ring is 1. The average molecular weight is 924 g/mol. The van der Waals surface area contributed by atoms with Crippen molar-refractivity contribution in [1.29, 1.82) is 0 Å². The molecule has 0 bridgehead atoms. The number of carbonyl (C=O) groups excluding carboxylic acids is 4. The van der Waals surface area contributed by atoms with E-state index in [4.69, 9.17) is 19.5 Å². The van der Waals surface area contributed by atoms with Gasteiger partial charge in [-0.15, -0.1) is 0 Å². The summed E-state index contributed by atoms with van der Waals surface area (Å²) in [5.74, 6) is -5.05. The van der Waals surface area contributed by atoms with Gasteiger partial charge in [0.1, 0.15) is 48.0 Å². The van der Waals surface area contributed by atoms with Crippen molar-refractivity contribution in [2.75, 3.05) is 37.8 Å². The number of phosphoric acid groups is 3. The zero-order chi connectivity index (χ0) is 44.5. The molecule has 1 aliphatic rings. The summed E-state index contributed by atoms with van der Waals surface area (Å²) < 4.78 is 62.0. The van der Waals surface area contributed by atoms with E-state index in [1.165, 1.54) is 20.8 Å². The highest BCUT2D eigenvalue weighted by atomic mass is 32.2. The minimum atomic E-state index is -5.61. The molecule has 0 radical (unpaired) electrons. The Bertz CT molecular complexity index is 2000. The quantitative estimate of drug-likeness (QED) is 0.0333. The maximum absolute atomic E-state index is 12.7. The number of nitrogens with zero attached hydrogens (tertiary/aromatic N) is 4. The molecular weight excluding hydrogens is 879 g/mol. The van der Waals surface area contributed by atoms with Crippen LogP contribution in [0.4, 0.5) is 5.82 Å². The number of aromatic nitrogens is 4. The number of amides is 2. The number of carboxylic acids is 1. The van der Waals surface area contributed by atoms with E-state index in [1.54, 1.807) is 0 Å². The van der Waals surface area contributed by atoms with Gasteiger partial charge in [0.05, 0.1) is 19.5 Å². The molecule has 2 aromatic heterocycles. The summed E-state index contributed by atoms with van der Waals surface area (Å²) in [6.07, 6.45) is -7.61. The van der Waals surface area contributed by atoms with Crippen molar-refractivity contribution in [2.45, 2.75) is 70.7 Å². The predicted octanol–water partition coefficient (Wildman–Crippen LogP) is -1.27. The highest BCUT2D eigenvalue weighted by molar-refractivity contribution is 8.13. The molecule has 27 nitrogen and oxygen atoms in total. The van der Waals surface area contributed by atoms with Crippen LogP contribution in [0.3, 0.4) is 0 Å². The fourth-order valence-electron chi connectivity index (χ4n) is 5.03. The number of carbonyl (C=O) groups is 5. The second kappa shape index (κ2) is 21.0. The lowest BCUT2D eigenvalue weighted by Gasteiger charge is -2.30. The van der Waals surface area contributed by atoms with Crippen molar-refractivity contribution in [1.82, 2.24) is 30.2 Å². The first kappa shape index (κ1) is 50.1. The molecule has 3 rings (SSSR count). The number of thioether (sulfide) groups is 1. The first-order valence-electron chi connectivity index (χ1n) is 17.1. The molecule has 2 amide bonds. The fourth-order valence-corrected chi connectivity index (χ4v) is 8.65. The van der Waals surface area contributed by atoms with E-state index in [0.29, 0.717) is 11.8 Å². The van der Waals surface area contributed by atoms with E-state index in [1.807, 2.05) is 0 Å². The third-order valence-electron chi connectivity index (χ3n) is 8.15. The number of rotatable bonds is 24. The van der Waals surface area contributed by atoms with Crippen molar-refractivity contribution >= 4 is 80.9 Å². The number of hydrogen-bond acceptors (Lipinski definition) is 20. The molecule has 0 spiro atoms. The van der Waals surface area contributed by atoms with E-state index < -0.39 is 114 Å². The molecule has 3 heterocycles. The number of phosphoric ester groups is 3. The van der Waals surface area contributed by atoms with Gasteiger partial charge in [-0.05, 0) is 0 Å². The Labute approximate surface area is 338 Å². The Balaban J connectivity index is 1.47. The number of aliphatic carboxylic acids is 1. The third-order valence-corrected chi connectivity index (χ3v) is 12.2. The number of imidazole rings is 1. The number of fused-ring (bicyclic) bond motifs is 1. The first-order chi connectivity index (χ1) is 27.3. The number of nitrogens with one attached hydrogen (secondary N) is 2. The summed E-state index contributed by atoms with van der Waals surface area (Å²) in [4.78, 5) is 111. The number of aliphatic hydroxyl groups is 2. The molecule has 2 aromatic rings. The van der Waals surface area contributed by atoms with Gasteiger partial charge in [0.2, 0.25) is 16.9 Å². The normalized spacial score (nSPS) is 21.6. The molecule has 8 atom stereocenters. The SMILES string of the molecule is CCC(=O)CC(C(=O)O)C(=O)SCCNC(=O)CCNC(=O)C(O)C(C)(C)COP(=O)(O)OP(=O)(O)OCC1OC(n2cnc3c(N)ncnc32)C(O)C1OP(=O)(O)O. The van der Waals surface area contributed by atoms with Crippen LogP contribution < -0.4 is 16.4 Å². The molecule has 31 heteroatoms. The van der Waals surface area contributed by atoms with Gasteiger partial charge in [-0.1, -0.05) is 32.5 Å². The standard InChI is InChI=1S/C28H44N7O20P3S/c1-4-14(36)9-15(26(41)42)27(43)59-8-7-30-17(37)5-6-31-24(40)21(39)28(2,3)11-52-58(49,50)55-57(47,48)51-10-16-20(54-56(44,45)46)19(38)25(53-16)35-13-34-18-22(29)32-12-33-23(18)35/h12-13,15-16,19-21,25,38-39H,4-11H2,1-3H3,(H,30,37)(H,31,40)(H,41,42)(H,47,48)(H,49,50)(H2,29,32,33)(H2,44,45,46). The van der Waals surface area contributed by atoms with Crippen molar-refractivity contribution in [3.63, 3.8) is 0 Å². The van der Waals surface area contributed by atoms with Gasteiger partial charge in [-0.3, -0.25) is 42.1 Å². The van der Waals surface area contributed by atoms with E-state index in [-0.39, 0.29) is 48.7 Å². The summed E-state index contributed by atoms with van der Waals surface area (Å²) in [6, 6.07) is 0. The number of nitrogens with two attached hydrogens (primary N) is 1. The third kappa shape index (κ3) is 15.0. The monoisotopic (exact) mass is 923 g/mol. The maximum Gasteiger partial charge on any atom is 0.481 e. The number of hydrogen-bond donors (Lipinski definition) is 10. The smallest absolute Gasteiger partial charge is 0.481 e. The highest BCUT2D eigenvalue weighted by Gasteiger charge is 2.50. The summed E-state index contributed by atoms with van der Waals surface area (Å²) in [6.45, 7) is 1.48. The zero-order valence-corrected chi connectivity index (χ0v) is 34.8. The van der Waals surface area contributed by atoms with Gasteiger partial charge in [0.15, 0.2) is 17.7 Å². The summed E-state index contributed by atoms with van der Waals surface area (Å²) in [5, 5.41) is 34.6. The highest BCUT2D eigenvalue weighted by Crippen LogP contribution is 2.61. The predicted molar refractivity (Wildman–Crippen MR) is 198 cm³/mol. The largest absolute Gasteiger partial charge is 0.481 e. The van der Waals surface area contributed by atoms with E-state index in [2.05, 4.69) is 34.4 Å². The van der Waals surface area contributed by atoms with Crippen LogP contribution in [0, 0.1) is 11.3 Å². The Morgan fingerprint density at radius 2 is 1.69 bits per heavy atom. The number of ketones is 1. The van der Waals surface area contributed by atoms with Crippen molar-refractivity contribution < 1.29 is 95.2 Å². The zero-order valence-electron chi connectivity index (χ0n) is 31.3. The maximum atomic E-state index is 12.7. The van der Waals surface area contributed by atoms with Crippen molar-refractivity contribution in [2.24, 2.45) is 11.3 Å². The van der Waals surface area contributed by atoms with Crippen LogP contribution >= 0.6 is 35.2 Å². The number of Topliss-reactive ketones (excluding diaryl/α,β-unsaturated/α-hetero) is 1. The molecule has 59 heavy (non-hydrogen) atoms. The Morgan fingerprint density at radius 1 is 1.03 bits per heavy atom. The Morgan fingerprint density at radius 3 is 2.32 bits per heavy atom. The average Bonchev–Trinajstić information content (AvgIpc) is 3.69. The molecule has 332 valence electrons. The Kier molecular flexibility index (Phi) is 17.8. The van der Waals surface area contributed by atoms with Crippen molar-refractivity contribution in [3.05, 3.63) is 12.7 Å². The molecule has 1 saturated heterocycles. The number of ether oxygens (including phenoxy) is 1. The molecule has 0 aromatic carbocycles. The van der Waals surface area contributed by atoms with Gasteiger partial charge < -0.3 is 56.0 Å². The van der Waals surface area contributed by atoms with Crippen LogP contribution in [0.25, 0.3) is 11.2 Å². The molecule has 0 saturated carbocycles. The summed E-state index contributed by atoms with van der Waals surface area (Å²) >= 11 is 0.626. The molecule has 8 unspecified atom stereocenters. The second-order valence-corrected chi connectivity index (χ2v) is 18.6. The first-order valence-corrected chi connectivity index (χ1v) is 22.6. The van der Waals surface area contributed by atoms with E-state index >= 15 is 0 Å². The van der Waals surface area contributed by atoms with Crippen LogP contribution in [0.2, 0.25) is 0 Å². The lowest BCUT2D eigenvalue weighted by molar-refractivity contribution is -0.146. The van der Waals surface area contributed by atoms with Crippen molar-refractivity contribution in [3.8, 4) is 0 Å². The lowest BCUT2D eigenvalue weighted by Crippen LogP contribution is -2.46. The van der Waals surface area contributed by atoms with Crippen LogP contribution in [-0.2, 0) is 60.3 Å². The van der Waals surface area contributed by atoms with Crippen LogP contribution in [0.15, 0.2) is 12.7 Å². The molecule has 0 aliphatic carbocycles. The minimum absolute atomic E-state index is 0.00363. The van der Waals surface area contributed by atoms with Gasteiger partial charge in [0, 0.05) is 43.5 Å². The second-order valence-electron chi connectivity index (χ2n) is 13.2. The van der Waals surface area contributed by atoms with Crippen LogP contribution in [0.1, 0.15) is 46.3 Å². The molecule has 1 aliphatic heterocycles. The van der Waals surface area contributed by atoms with Gasteiger partial charge in [-0.2, -0.15) is 4.31 Å². The fraction of sp³-hybridized carbons (Fsp3) is 0.643. The van der Waals surface area contributed by atoms with Gasteiger partial charge in [0.25, 0.3) is 0 Å². The van der Waals surface area contributed by atoms with E-state index in [0.717, 1.165) is 17.2 Å². The summed E-state index contributed by atoms with van der Waals surface area (Å²) in [7, 11) is -16.5. The molecular formula is C28H44N7O20P3S. The van der Waals surface area contributed by atoms with Crippen LogP contribution in [-0.4, -0.2) is 140 Å². The van der Waals surface area contributed by atoms with Gasteiger partial charge in [-0.25, -0.2) is 28.6 Å². The topological polar surface area (TPSA) is 418 Å². The number of carboxylic acid groups (broad SMARTS) is 1. The lowest BCUT2D eigenvalue weighted by atomic mass is 9.87.